The highest BCUT2D eigenvalue weighted by Gasteiger charge is 2.12. The molecule has 13 heavy (non-hydrogen) atoms. The summed E-state index contributed by atoms with van der Waals surface area (Å²) in [7, 11) is 0. The van der Waals surface area contributed by atoms with Gasteiger partial charge in [-0.25, -0.2) is 8.78 Å². The number of halogens is 2. The van der Waals surface area contributed by atoms with E-state index in [0.717, 1.165) is 0 Å². The van der Waals surface area contributed by atoms with Gasteiger partial charge in [-0.2, -0.15) is 0 Å². The SMILES string of the molecule is Cc1ccc(C(C)O)cc1C(F)F. The minimum atomic E-state index is -2.47. The summed E-state index contributed by atoms with van der Waals surface area (Å²) in [5, 5.41) is 9.18. The number of hydrogen-bond acceptors (Lipinski definition) is 1. The standard InChI is InChI=1S/C10H12F2O/c1-6-3-4-8(7(2)13)5-9(6)10(11)12/h3-5,7,10,13H,1-2H3. The smallest absolute Gasteiger partial charge is 0.264 e. The average molecular weight is 186 g/mol. The van der Waals surface area contributed by atoms with Crippen LogP contribution in [0.5, 0.6) is 0 Å². The number of rotatable bonds is 2. The summed E-state index contributed by atoms with van der Waals surface area (Å²) in [5.74, 6) is 0. The van der Waals surface area contributed by atoms with E-state index in [1.54, 1.807) is 26.0 Å². The second-order valence-corrected chi connectivity index (χ2v) is 3.09. The summed E-state index contributed by atoms with van der Waals surface area (Å²) < 4.78 is 24.8. The Balaban J connectivity index is 3.11. The Kier molecular flexibility index (Phi) is 2.98. The Labute approximate surface area is 76.0 Å². The largest absolute Gasteiger partial charge is 0.389 e. The fourth-order valence-corrected chi connectivity index (χ4v) is 1.15. The first-order valence-electron chi connectivity index (χ1n) is 4.09. The topological polar surface area (TPSA) is 20.2 Å². The molecule has 0 aliphatic heterocycles. The quantitative estimate of drug-likeness (QED) is 0.752. The third-order valence-corrected chi connectivity index (χ3v) is 2.02. The second kappa shape index (κ2) is 3.83. The lowest BCUT2D eigenvalue weighted by molar-refractivity contribution is 0.149. The van der Waals surface area contributed by atoms with Gasteiger partial charge in [0.25, 0.3) is 6.43 Å². The summed E-state index contributed by atoms with van der Waals surface area (Å²) in [5.41, 5.74) is 1.08. The van der Waals surface area contributed by atoms with Crippen molar-refractivity contribution >= 4 is 0 Å². The van der Waals surface area contributed by atoms with Gasteiger partial charge in [0.1, 0.15) is 0 Å². The van der Waals surface area contributed by atoms with Gasteiger partial charge < -0.3 is 5.11 Å². The molecule has 1 atom stereocenters. The van der Waals surface area contributed by atoms with Gasteiger partial charge in [0.2, 0.25) is 0 Å². The van der Waals surface area contributed by atoms with Gasteiger partial charge >= 0.3 is 0 Å². The molecule has 1 nitrogen and oxygen atoms in total. The van der Waals surface area contributed by atoms with Crippen LogP contribution >= 0.6 is 0 Å². The van der Waals surface area contributed by atoms with Gasteiger partial charge in [0.15, 0.2) is 0 Å². The van der Waals surface area contributed by atoms with Gasteiger partial charge in [-0.15, -0.1) is 0 Å². The molecule has 0 aliphatic carbocycles. The lowest BCUT2D eigenvalue weighted by Crippen LogP contribution is -1.96. The molecule has 3 heteroatoms. The van der Waals surface area contributed by atoms with Crippen LogP contribution in [-0.4, -0.2) is 5.11 Å². The van der Waals surface area contributed by atoms with Crippen LogP contribution in [0.15, 0.2) is 18.2 Å². The summed E-state index contributed by atoms with van der Waals surface area (Å²) in [6, 6.07) is 4.61. The van der Waals surface area contributed by atoms with Crippen molar-refractivity contribution in [3.63, 3.8) is 0 Å². The molecule has 0 saturated carbocycles. The zero-order chi connectivity index (χ0) is 10.0. The van der Waals surface area contributed by atoms with Crippen molar-refractivity contribution in [1.29, 1.82) is 0 Å². The van der Waals surface area contributed by atoms with Gasteiger partial charge in [0.05, 0.1) is 6.10 Å². The predicted octanol–water partition coefficient (Wildman–Crippen LogP) is 2.99. The molecule has 0 aromatic heterocycles. The van der Waals surface area contributed by atoms with Crippen molar-refractivity contribution in [1.82, 2.24) is 0 Å². The van der Waals surface area contributed by atoms with E-state index in [2.05, 4.69) is 0 Å². The van der Waals surface area contributed by atoms with E-state index in [-0.39, 0.29) is 5.56 Å². The van der Waals surface area contributed by atoms with Gasteiger partial charge in [-0.1, -0.05) is 12.1 Å². The Morgan fingerprint density at radius 2 is 1.92 bits per heavy atom. The molecular weight excluding hydrogens is 174 g/mol. The van der Waals surface area contributed by atoms with Crippen LogP contribution in [0, 0.1) is 6.92 Å². The van der Waals surface area contributed by atoms with Crippen LogP contribution in [0.3, 0.4) is 0 Å². The first-order valence-corrected chi connectivity index (χ1v) is 4.09. The van der Waals surface area contributed by atoms with E-state index in [1.807, 2.05) is 0 Å². The Morgan fingerprint density at radius 1 is 1.31 bits per heavy atom. The third kappa shape index (κ3) is 2.25. The first kappa shape index (κ1) is 10.1. The molecule has 72 valence electrons. The maximum atomic E-state index is 12.4. The second-order valence-electron chi connectivity index (χ2n) is 3.09. The molecule has 1 aromatic carbocycles. The number of aliphatic hydroxyl groups is 1. The van der Waals surface area contributed by atoms with E-state index in [9.17, 15) is 13.9 Å². The van der Waals surface area contributed by atoms with Crippen molar-refractivity contribution in [2.75, 3.05) is 0 Å². The molecule has 1 N–H and O–H groups in total. The van der Waals surface area contributed by atoms with Crippen LogP contribution in [0.2, 0.25) is 0 Å². The molecule has 0 saturated heterocycles. The van der Waals surface area contributed by atoms with E-state index in [4.69, 9.17) is 0 Å². The van der Waals surface area contributed by atoms with Crippen molar-refractivity contribution < 1.29 is 13.9 Å². The predicted molar refractivity (Wildman–Crippen MR) is 46.8 cm³/mol. The molecule has 0 radical (unpaired) electrons. The number of aryl methyl sites for hydroxylation is 1. The van der Waals surface area contributed by atoms with E-state index in [1.165, 1.54) is 6.07 Å². The summed E-state index contributed by atoms with van der Waals surface area (Å²) >= 11 is 0. The van der Waals surface area contributed by atoms with Crippen molar-refractivity contribution in [3.05, 3.63) is 34.9 Å². The van der Waals surface area contributed by atoms with E-state index >= 15 is 0 Å². The van der Waals surface area contributed by atoms with E-state index in [0.29, 0.717) is 11.1 Å². The molecular formula is C10H12F2O. The maximum Gasteiger partial charge on any atom is 0.264 e. The fraction of sp³-hybridized carbons (Fsp3) is 0.400. The minimum Gasteiger partial charge on any atom is -0.389 e. The molecule has 0 aliphatic rings. The maximum absolute atomic E-state index is 12.4. The monoisotopic (exact) mass is 186 g/mol. The lowest BCUT2D eigenvalue weighted by atomic mass is 10.0. The highest BCUT2D eigenvalue weighted by molar-refractivity contribution is 5.32. The Bertz CT molecular complexity index is 295. The normalized spacial score (nSPS) is 13.4. The zero-order valence-electron chi connectivity index (χ0n) is 7.59. The molecule has 1 aromatic rings. The average Bonchev–Trinajstić information content (AvgIpc) is 2.04. The van der Waals surface area contributed by atoms with Crippen LogP contribution in [-0.2, 0) is 0 Å². The molecule has 0 amide bonds. The molecule has 0 heterocycles. The van der Waals surface area contributed by atoms with Crippen molar-refractivity contribution in [2.45, 2.75) is 26.4 Å². The summed E-state index contributed by atoms with van der Waals surface area (Å²) in [4.78, 5) is 0. The van der Waals surface area contributed by atoms with Gasteiger partial charge in [-0.3, -0.25) is 0 Å². The van der Waals surface area contributed by atoms with Crippen LogP contribution in [0.25, 0.3) is 0 Å². The van der Waals surface area contributed by atoms with Gasteiger partial charge in [-0.05, 0) is 31.0 Å². The number of aliphatic hydroxyl groups excluding tert-OH is 1. The van der Waals surface area contributed by atoms with Crippen LogP contribution in [0.4, 0.5) is 8.78 Å². The number of hydrogen-bond donors (Lipinski definition) is 1. The summed E-state index contributed by atoms with van der Waals surface area (Å²) in [6.07, 6.45) is -3.17. The zero-order valence-corrected chi connectivity index (χ0v) is 7.59. The highest BCUT2D eigenvalue weighted by atomic mass is 19.3. The Hall–Kier alpha value is -0.960. The van der Waals surface area contributed by atoms with Crippen molar-refractivity contribution in [3.8, 4) is 0 Å². The van der Waals surface area contributed by atoms with E-state index < -0.39 is 12.5 Å². The lowest BCUT2D eigenvalue weighted by Gasteiger charge is -2.09. The fourth-order valence-electron chi connectivity index (χ4n) is 1.15. The molecule has 1 rings (SSSR count). The van der Waals surface area contributed by atoms with Gasteiger partial charge in [0, 0.05) is 5.56 Å². The third-order valence-electron chi connectivity index (χ3n) is 2.02. The number of benzene rings is 1. The first-order chi connectivity index (χ1) is 6.02. The highest BCUT2D eigenvalue weighted by Crippen LogP contribution is 2.25. The summed E-state index contributed by atoms with van der Waals surface area (Å²) in [6.45, 7) is 3.19. The molecule has 0 bridgehead atoms. The molecule has 0 spiro atoms. The molecule has 1 unspecified atom stereocenters. The van der Waals surface area contributed by atoms with Crippen LogP contribution in [0.1, 0.15) is 36.1 Å². The van der Waals surface area contributed by atoms with Crippen molar-refractivity contribution in [2.24, 2.45) is 0 Å². The minimum absolute atomic E-state index is 0.00148. The number of alkyl halides is 2. The molecule has 0 fully saturated rings. The van der Waals surface area contributed by atoms with Crippen LogP contribution < -0.4 is 0 Å². The Morgan fingerprint density at radius 3 is 2.38 bits per heavy atom.